The largest absolute Gasteiger partial charge is 0.401 e. The molecular formula is C18H27Cl2F3N4O. The third kappa shape index (κ3) is 5.21. The lowest BCUT2D eigenvalue weighted by molar-refractivity contribution is -0.149. The van der Waals surface area contributed by atoms with Crippen LogP contribution in [-0.2, 0) is 13.1 Å². The molecule has 2 bridgehead atoms. The summed E-state index contributed by atoms with van der Waals surface area (Å²) in [4.78, 5) is 16.4. The van der Waals surface area contributed by atoms with E-state index < -0.39 is 12.7 Å². The van der Waals surface area contributed by atoms with E-state index in [1.165, 1.54) is 4.90 Å². The zero-order chi connectivity index (χ0) is 18.3. The Hall–Kier alpha value is -0.800. The molecule has 4 rings (SSSR count). The molecule has 0 saturated carbocycles. The van der Waals surface area contributed by atoms with Crippen LogP contribution in [0.4, 0.5) is 13.2 Å². The zero-order valence-corrected chi connectivity index (χ0v) is 17.2. The fourth-order valence-corrected chi connectivity index (χ4v) is 4.56. The predicted octanol–water partition coefficient (Wildman–Crippen LogP) is 2.08. The summed E-state index contributed by atoms with van der Waals surface area (Å²) < 4.78 is 39.4. The molecule has 1 aromatic rings. The molecule has 2 atom stereocenters. The Balaban J connectivity index is 0.00000140. The Bertz CT molecular complexity index is 720. The molecule has 0 amide bonds. The van der Waals surface area contributed by atoms with Gasteiger partial charge < -0.3 is 9.88 Å². The quantitative estimate of drug-likeness (QED) is 0.777. The summed E-state index contributed by atoms with van der Waals surface area (Å²) in [5, 5.41) is 3.44. The molecule has 5 nitrogen and oxygen atoms in total. The highest BCUT2D eigenvalue weighted by Crippen LogP contribution is 2.31. The van der Waals surface area contributed by atoms with Crippen LogP contribution < -0.4 is 10.9 Å². The van der Waals surface area contributed by atoms with E-state index in [0.29, 0.717) is 44.6 Å². The minimum absolute atomic E-state index is 0. The van der Waals surface area contributed by atoms with Crippen LogP contribution in [0.25, 0.3) is 0 Å². The number of piperazine rings is 1. The Morgan fingerprint density at radius 3 is 2.39 bits per heavy atom. The number of hydrogen-bond donors (Lipinski definition) is 1. The second kappa shape index (κ2) is 9.34. The average molecular weight is 443 g/mol. The molecule has 0 aromatic carbocycles. The molecule has 2 fully saturated rings. The van der Waals surface area contributed by atoms with Gasteiger partial charge >= 0.3 is 6.18 Å². The predicted molar refractivity (Wildman–Crippen MR) is 107 cm³/mol. The number of pyridine rings is 1. The molecule has 2 saturated heterocycles. The average Bonchev–Trinajstić information content (AvgIpc) is 2.59. The van der Waals surface area contributed by atoms with Gasteiger partial charge in [-0.2, -0.15) is 13.2 Å². The van der Waals surface area contributed by atoms with Crippen molar-refractivity contribution in [2.45, 2.75) is 31.6 Å². The van der Waals surface area contributed by atoms with Crippen molar-refractivity contribution >= 4 is 24.8 Å². The van der Waals surface area contributed by atoms with E-state index in [0.717, 1.165) is 37.3 Å². The van der Waals surface area contributed by atoms with Crippen LogP contribution in [0, 0.1) is 5.92 Å². The highest BCUT2D eigenvalue weighted by molar-refractivity contribution is 5.85. The van der Waals surface area contributed by atoms with Gasteiger partial charge in [0.25, 0.3) is 5.56 Å². The van der Waals surface area contributed by atoms with Gasteiger partial charge in [-0.25, -0.2) is 0 Å². The van der Waals surface area contributed by atoms with Gasteiger partial charge in [0.1, 0.15) is 0 Å². The first-order valence-electron chi connectivity index (χ1n) is 9.34. The molecule has 0 spiro atoms. The minimum atomic E-state index is -4.15. The minimum Gasteiger partial charge on any atom is -0.316 e. The van der Waals surface area contributed by atoms with Crippen molar-refractivity contribution in [2.75, 3.05) is 45.8 Å². The summed E-state index contributed by atoms with van der Waals surface area (Å²) in [6.07, 6.45) is -3.00. The number of nitrogens with zero attached hydrogens (tertiary/aromatic N) is 3. The first kappa shape index (κ1) is 23.5. The molecule has 4 heterocycles. The van der Waals surface area contributed by atoms with Crippen molar-refractivity contribution < 1.29 is 13.2 Å². The van der Waals surface area contributed by atoms with Gasteiger partial charge in [0, 0.05) is 63.0 Å². The molecule has 0 unspecified atom stereocenters. The van der Waals surface area contributed by atoms with Crippen molar-refractivity contribution in [3.8, 4) is 0 Å². The fraction of sp³-hybridized carbons (Fsp3) is 0.722. The molecule has 1 aromatic heterocycles. The van der Waals surface area contributed by atoms with Crippen molar-refractivity contribution in [1.29, 1.82) is 0 Å². The highest BCUT2D eigenvalue weighted by atomic mass is 35.5. The standard InChI is InChI=1S/C18H25F3N4O.2ClH/c19-18(20,21)12-24-5-3-23(4-6-24)11-14-1-2-16-15-7-13(8-22-9-15)10-25(16)17(14)26;;/h1-2,13,15,22H,3-12H2;2*1H/t13-,15+;;/m0../s1. The highest BCUT2D eigenvalue weighted by Gasteiger charge is 2.33. The summed E-state index contributed by atoms with van der Waals surface area (Å²) in [5.74, 6) is 0.926. The molecule has 0 radical (unpaired) electrons. The summed E-state index contributed by atoms with van der Waals surface area (Å²) in [5.41, 5.74) is 1.96. The van der Waals surface area contributed by atoms with Gasteiger partial charge in [0.15, 0.2) is 0 Å². The van der Waals surface area contributed by atoms with E-state index in [1.807, 2.05) is 10.6 Å². The lowest BCUT2D eigenvalue weighted by Gasteiger charge is -2.38. The Labute approximate surface area is 175 Å². The maximum Gasteiger partial charge on any atom is 0.401 e. The van der Waals surface area contributed by atoms with Crippen LogP contribution in [0.3, 0.4) is 0 Å². The maximum atomic E-state index is 12.9. The van der Waals surface area contributed by atoms with Gasteiger partial charge in [0.05, 0.1) is 6.54 Å². The summed E-state index contributed by atoms with van der Waals surface area (Å²) in [6.45, 7) is 4.24. The molecular weight excluding hydrogens is 416 g/mol. The van der Waals surface area contributed by atoms with Gasteiger partial charge in [-0.3, -0.25) is 14.6 Å². The van der Waals surface area contributed by atoms with E-state index in [2.05, 4.69) is 16.3 Å². The van der Waals surface area contributed by atoms with E-state index in [4.69, 9.17) is 0 Å². The molecule has 10 heteroatoms. The van der Waals surface area contributed by atoms with Crippen molar-refractivity contribution in [2.24, 2.45) is 5.92 Å². The second-order valence-electron chi connectivity index (χ2n) is 7.82. The van der Waals surface area contributed by atoms with Crippen LogP contribution >= 0.6 is 24.8 Å². The van der Waals surface area contributed by atoms with Crippen LogP contribution in [0.2, 0.25) is 0 Å². The summed E-state index contributed by atoms with van der Waals surface area (Å²) in [6, 6.07) is 4.00. The number of piperidine rings is 1. The van der Waals surface area contributed by atoms with Crippen molar-refractivity contribution in [3.05, 3.63) is 33.7 Å². The van der Waals surface area contributed by atoms with Crippen molar-refractivity contribution in [3.63, 3.8) is 0 Å². The van der Waals surface area contributed by atoms with Gasteiger partial charge in [0.2, 0.25) is 0 Å². The Morgan fingerprint density at radius 1 is 1.04 bits per heavy atom. The van der Waals surface area contributed by atoms with E-state index in [9.17, 15) is 18.0 Å². The number of fused-ring (bicyclic) bond motifs is 4. The summed E-state index contributed by atoms with van der Waals surface area (Å²) >= 11 is 0. The number of nitrogens with one attached hydrogen (secondary N) is 1. The molecule has 0 aliphatic carbocycles. The van der Waals surface area contributed by atoms with Gasteiger partial charge in [-0.15, -0.1) is 24.8 Å². The number of halogens is 5. The molecule has 1 N–H and O–H groups in total. The topological polar surface area (TPSA) is 40.5 Å². The van der Waals surface area contributed by atoms with E-state index in [-0.39, 0.29) is 30.4 Å². The molecule has 160 valence electrons. The molecule has 28 heavy (non-hydrogen) atoms. The number of rotatable bonds is 3. The van der Waals surface area contributed by atoms with E-state index >= 15 is 0 Å². The van der Waals surface area contributed by atoms with Gasteiger partial charge in [-0.1, -0.05) is 6.07 Å². The smallest absolute Gasteiger partial charge is 0.316 e. The van der Waals surface area contributed by atoms with Crippen molar-refractivity contribution in [1.82, 2.24) is 19.7 Å². The lowest BCUT2D eigenvalue weighted by atomic mass is 9.84. The SMILES string of the molecule is Cl.Cl.O=c1c(CN2CCN(CC(F)(F)F)CC2)ccc2n1C[C@@H]1CNC[C@H]2C1. The second-order valence-corrected chi connectivity index (χ2v) is 7.82. The van der Waals surface area contributed by atoms with Crippen LogP contribution in [-0.4, -0.2) is 66.4 Å². The summed E-state index contributed by atoms with van der Waals surface area (Å²) in [7, 11) is 0. The Kier molecular flexibility index (Phi) is 7.83. The van der Waals surface area contributed by atoms with Crippen LogP contribution in [0.5, 0.6) is 0 Å². The molecule has 3 aliphatic rings. The third-order valence-electron chi connectivity index (χ3n) is 5.85. The number of hydrogen-bond acceptors (Lipinski definition) is 4. The first-order valence-corrected chi connectivity index (χ1v) is 9.34. The maximum absolute atomic E-state index is 12.9. The fourth-order valence-electron chi connectivity index (χ4n) is 4.56. The normalized spacial score (nSPS) is 25.4. The third-order valence-corrected chi connectivity index (χ3v) is 5.85. The van der Waals surface area contributed by atoms with E-state index in [1.54, 1.807) is 0 Å². The van der Waals surface area contributed by atoms with Crippen LogP contribution in [0.1, 0.15) is 23.6 Å². The first-order chi connectivity index (χ1) is 12.4. The zero-order valence-electron chi connectivity index (χ0n) is 15.6. The number of alkyl halides is 3. The monoisotopic (exact) mass is 442 g/mol. The van der Waals surface area contributed by atoms with Crippen LogP contribution in [0.15, 0.2) is 16.9 Å². The lowest BCUT2D eigenvalue weighted by Crippen LogP contribution is -2.49. The Morgan fingerprint density at radius 2 is 1.71 bits per heavy atom. The molecule has 3 aliphatic heterocycles. The number of aromatic nitrogens is 1. The van der Waals surface area contributed by atoms with Gasteiger partial charge in [-0.05, 0) is 24.9 Å².